The van der Waals surface area contributed by atoms with Crippen molar-refractivity contribution in [3.63, 3.8) is 0 Å². The molecule has 0 saturated carbocycles. The molecule has 0 saturated heterocycles. The van der Waals surface area contributed by atoms with Crippen LogP contribution in [0.1, 0.15) is 29.0 Å². The van der Waals surface area contributed by atoms with Crippen LogP contribution in [0, 0.1) is 5.82 Å². The summed E-state index contributed by atoms with van der Waals surface area (Å²) in [5.74, 6) is 0.282. The molecule has 17 heavy (non-hydrogen) atoms. The molecule has 1 aliphatic rings. The van der Waals surface area contributed by atoms with E-state index in [4.69, 9.17) is 10.5 Å². The van der Waals surface area contributed by atoms with Gasteiger partial charge in [0.05, 0.1) is 0 Å². The Labute approximate surface area is 103 Å². The molecule has 2 atom stereocenters. The van der Waals surface area contributed by atoms with Gasteiger partial charge in [-0.2, -0.15) is 0 Å². The molecule has 0 fully saturated rings. The van der Waals surface area contributed by atoms with Crippen LogP contribution in [0.15, 0.2) is 35.7 Å². The van der Waals surface area contributed by atoms with E-state index in [0.717, 1.165) is 16.9 Å². The Kier molecular flexibility index (Phi) is 2.61. The molecule has 2 unspecified atom stereocenters. The maximum absolute atomic E-state index is 13.2. The second-order valence-electron chi connectivity index (χ2n) is 4.15. The van der Waals surface area contributed by atoms with E-state index in [-0.39, 0.29) is 18.0 Å². The first-order chi connectivity index (χ1) is 8.24. The van der Waals surface area contributed by atoms with Crippen LogP contribution in [0.4, 0.5) is 4.39 Å². The minimum Gasteiger partial charge on any atom is -0.484 e. The van der Waals surface area contributed by atoms with E-state index < -0.39 is 0 Å². The van der Waals surface area contributed by atoms with Crippen LogP contribution in [0.5, 0.6) is 5.75 Å². The minimum absolute atomic E-state index is 0.0562. The molecular weight excluding hydrogens is 237 g/mol. The molecule has 2 heterocycles. The topological polar surface area (TPSA) is 35.2 Å². The van der Waals surface area contributed by atoms with Gasteiger partial charge in [0.1, 0.15) is 17.7 Å². The molecule has 0 amide bonds. The second kappa shape index (κ2) is 4.13. The first-order valence-electron chi connectivity index (χ1n) is 5.49. The largest absolute Gasteiger partial charge is 0.484 e. The van der Waals surface area contributed by atoms with Gasteiger partial charge >= 0.3 is 0 Å². The van der Waals surface area contributed by atoms with Crippen molar-refractivity contribution in [1.29, 1.82) is 0 Å². The summed E-state index contributed by atoms with van der Waals surface area (Å²) in [6.07, 6.45) is 0.679. The average Bonchev–Trinajstić information content (AvgIpc) is 2.81. The highest BCUT2D eigenvalue weighted by Crippen LogP contribution is 2.40. The molecule has 88 valence electrons. The standard InChI is InChI=1S/C13H12FNOS/c14-8-3-4-9-10(15)7-12(16-11(9)6-8)13-2-1-5-17-13/h1-6,10,12H,7,15H2. The van der Waals surface area contributed by atoms with Crippen molar-refractivity contribution in [1.82, 2.24) is 0 Å². The molecule has 2 nitrogen and oxygen atoms in total. The van der Waals surface area contributed by atoms with Crippen LogP contribution >= 0.6 is 11.3 Å². The molecule has 0 radical (unpaired) electrons. The number of benzene rings is 1. The van der Waals surface area contributed by atoms with E-state index in [0.29, 0.717) is 5.75 Å². The van der Waals surface area contributed by atoms with Gasteiger partial charge in [0.25, 0.3) is 0 Å². The molecule has 2 aromatic rings. The van der Waals surface area contributed by atoms with Crippen LogP contribution in [-0.4, -0.2) is 0 Å². The number of nitrogens with two attached hydrogens (primary N) is 1. The highest BCUT2D eigenvalue weighted by Gasteiger charge is 2.27. The maximum Gasteiger partial charge on any atom is 0.135 e. The third-order valence-electron chi connectivity index (χ3n) is 2.97. The van der Waals surface area contributed by atoms with E-state index in [1.807, 2.05) is 17.5 Å². The zero-order chi connectivity index (χ0) is 11.8. The third-order valence-corrected chi connectivity index (χ3v) is 3.94. The van der Waals surface area contributed by atoms with Crippen molar-refractivity contribution in [2.24, 2.45) is 5.73 Å². The Morgan fingerprint density at radius 2 is 2.24 bits per heavy atom. The van der Waals surface area contributed by atoms with E-state index in [2.05, 4.69) is 0 Å². The van der Waals surface area contributed by atoms with E-state index in [9.17, 15) is 4.39 Å². The molecule has 2 N–H and O–H groups in total. The summed E-state index contributed by atoms with van der Waals surface area (Å²) in [4.78, 5) is 1.13. The number of halogens is 1. The Bertz CT molecular complexity index is 526. The van der Waals surface area contributed by atoms with E-state index in [1.54, 1.807) is 17.4 Å². The Morgan fingerprint density at radius 3 is 3.00 bits per heavy atom. The summed E-state index contributed by atoms with van der Waals surface area (Å²) in [6, 6.07) is 8.46. The number of rotatable bonds is 1. The zero-order valence-electron chi connectivity index (χ0n) is 9.10. The quantitative estimate of drug-likeness (QED) is 0.840. The highest BCUT2D eigenvalue weighted by molar-refractivity contribution is 7.10. The fraction of sp³-hybridized carbons (Fsp3) is 0.231. The molecule has 0 bridgehead atoms. The van der Waals surface area contributed by atoms with Gasteiger partial charge < -0.3 is 10.5 Å². The molecule has 0 aliphatic carbocycles. The average molecular weight is 249 g/mol. The normalized spacial score (nSPS) is 22.9. The van der Waals surface area contributed by atoms with Crippen LogP contribution < -0.4 is 10.5 Å². The predicted octanol–water partition coefficient (Wildman–Crippen LogP) is 3.41. The number of fused-ring (bicyclic) bond motifs is 1. The summed E-state index contributed by atoms with van der Waals surface area (Å²) < 4.78 is 19.0. The fourth-order valence-corrected chi connectivity index (χ4v) is 2.89. The van der Waals surface area contributed by atoms with Gasteiger partial charge in [-0.05, 0) is 17.5 Å². The lowest BCUT2D eigenvalue weighted by molar-refractivity contribution is 0.164. The first-order valence-corrected chi connectivity index (χ1v) is 6.37. The molecular formula is C13H12FNOS. The van der Waals surface area contributed by atoms with E-state index >= 15 is 0 Å². The molecule has 0 spiro atoms. The maximum atomic E-state index is 13.2. The van der Waals surface area contributed by atoms with Crippen molar-refractivity contribution in [2.75, 3.05) is 0 Å². The van der Waals surface area contributed by atoms with Gasteiger partial charge in [0.15, 0.2) is 0 Å². The molecule has 1 aliphatic heterocycles. The van der Waals surface area contributed by atoms with Crippen molar-refractivity contribution < 1.29 is 9.13 Å². The first kappa shape index (κ1) is 10.7. The Balaban J connectivity index is 1.97. The number of hydrogen-bond donors (Lipinski definition) is 1. The van der Waals surface area contributed by atoms with Gasteiger partial charge in [0, 0.05) is 29.0 Å². The van der Waals surface area contributed by atoms with E-state index in [1.165, 1.54) is 12.1 Å². The summed E-state index contributed by atoms with van der Waals surface area (Å²) >= 11 is 1.64. The van der Waals surface area contributed by atoms with Gasteiger partial charge in [-0.15, -0.1) is 11.3 Å². The molecule has 1 aromatic heterocycles. The minimum atomic E-state index is -0.289. The zero-order valence-corrected chi connectivity index (χ0v) is 9.91. The monoisotopic (exact) mass is 249 g/mol. The fourth-order valence-electron chi connectivity index (χ4n) is 2.12. The molecule has 4 heteroatoms. The van der Waals surface area contributed by atoms with Crippen LogP contribution in [0.25, 0.3) is 0 Å². The molecule has 1 aromatic carbocycles. The number of thiophene rings is 1. The van der Waals surface area contributed by atoms with Gasteiger partial charge in [-0.25, -0.2) is 4.39 Å². The third kappa shape index (κ3) is 1.94. The summed E-state index contributed by atoms with van der Waals surface area (Å²) in [7, 11) is 0. The number of ether oxygens (including phenoxy) is 1. The van der Waals surface area contributed by atoms with Crippen molar-refractivity contribution in [3.8, 4) is 5.75 Å². The SMILES string of the molecule is NC1CC(c2cccs2)Oc2cc(F)ccc21. The highest BCUT2D eigenvalue weighted by atomic mass is 32.1. The second-order valence-corrected chi connectivity index (χ2v) is 5.13. The lowest BCUT2D eigenvalue weighted by atomic mass is 9.96. The summed E-state index contributed by atoms with van der Waals surface area (Å²) in [6.45, 7) is 0. The lowest BCUT2D eigenvalue weighted by Crippen LogP contribution is -2.23. The van der Waals surface area contributed by atoms with Crippen LogP contribution in [0.3, 0.4) is 0 Å². The van der Waals surface area contributed by atoms with Gasteiger partial charge in [0.2, 0.25) is 0 Å². The number of hydrogen-bond acceptors (Lipinski definition) is 3. The van der Waals surface area contributed by atoms with Crippen LogP contribution in [-0.2, 0) is 0 Å². The van der Waals surface area contributed by atoms with Crippen molar-refractivity contribution >= 4 is 11.3 Å². The Morgan fingerprint density at radius 1 is 1.35 bits per heavy atom. The predicted molar refractivity (Wildman–Crippen MR) is 65.6 cm³/mol. The van der Waals surface area contributed by atoms with Gasteiger partial charge in [-0.3, -0.25) is 0 Å². The van der Waals surface area contributed by atoms with Gasteiger partial charge in [-0.1, -0.05) is 12.1 Å². The van der Waals surface area contributed by atoms with Crippen molar-refractivity contribution in [2.45, 2.75) is 18.6 Å². The smallest absolute Gasteiger partial charge is 0.135 e. The van der Waals surface area contributed by atoms with Crippen molar-refractivity contribution in [3.05, 3.63) is 52.0 Å². The van der Waals surface area contributed by atoms with Crippen LogP contribution in [0.2, 0.25) is 0 Å². The molecule has 3 rings (SSSR count). The summed E-state index contributed by atoms with van der Waals surface area (Å²) in [5, 5.41) is 2.01. The Hall–Kier alpha value is -1.39. The summed E-state index contributed by atoms with van der Waals surface area (Å²) in [5.41, 5.74) is 6.98. The lowest BCUT2D eigenvalue weighted by Gasteiger charge is -2.29.